The highest BCUT2D eigenvalue weighted by Gasteiger charge is 2.12. The number of amides is 1. The number of aromatic nitrogens is 1. The van der Waals surface area contributed by atoms with E-state index >= 15 is 0 Å². The van der Waals surface area contributed by atoms with Crippen LogP contribution in [0.2, 0.25) is 5.15 Å². The Morgan fingerprint density at radius 1 is 1.00 bits per heavy atom. The fourth-order valence-corrected chi connectivity index (χ4v) is 2.46. The van der Waals surface area contributed by atoms with Crippen LogP contribution in [0.4, 0.5) is 5.69 Å². The summed E-state index contributed by atoms with van der Waals surface area (Å²) in [6.45, 7) is 0.497. The maximum Gasteiger partial charge on any atom is 0.259 e. The molecule has 0 bridgehead atoms. The summed E-state index contributed by atoms with van der Waals surface area (Å²) in [6, 6.07) is 20.6. The molecule has 0 saturated heterocycles. The molecule has 0 aliphatic heterocycles. The van der Waals surface area contributed by atoms with Crippen LogP contribution < -0.4 is 10.1 Å². The summed E-state index contributed by atoms with van der Waals surface area (Å²) in [7, 11) is 0. The van der Waals surface area contributed by atoms with Crippen LogP contribution in [-0.2, 0) is 6.42 Å². The zero-order valence-corrected chi connectivity index (χ0v) is 14.2. The second kappa shape index (κ2) is 8.31. The van der Waals surface area contributed by atoms with E-state index in [2.05, 4.69) is 22.4 Å². The predicted octanol–water partition coefficient (Wildman–Crippen LogP) is 4.61. The maximum atomic E-state index is 12.5. The Morgan fingerprint density at radius 2 is 1.76 bits per heavy atom. The first-order valence-electron chi connectivity index (χ1n) is 7.91. The lowest BCUT2D eigenvalue weighted by Gasteiger charge is -2.12. The number of pyridine rings is 1. The summed E-state index contributed by atoms with van der Waals surface area (Å²) >= 11 is 5.75. The molecule has 126 valence electrons. The number of nitrogens with one attached hydrogen (secondary N) is 1. The molecule has 0 saturated carbocycles. The van der Waals surface area contributed by atoms with Gasteiger partial charge in [-0.25, -0.2) is 4.98 Å². The molecule has 2 aromatic carbocycles. The van der Waals surface area contributed by atoms with Crippen LogP contribution in [-0.4, -0.2) is 17.5 Å². The number of anilines is 1. The van der Waals surface area contributed by atoms with E-state index < -0.39 is 0 Å². The molecule has 0 fully saturated rings. The van der Waals surface area contributed by atoms with Gasteiger partial charge < -0.3 is 10.1 Å². The molecule has 4 nitrogen and oxygen atoms in total. The zero-order valence-electron chi connectivity index (χ0n) is 13.5. The molecular formula is C20H17ClN2O2. The summed E-state index contributed by atoms with van der Waals surface area (Å²) < 4.78 is 5.82. The van der Waals surface area contributed by atoms with Gasteiger partial charge in [-0.1, -0.05) is 54.1 Å². The van der Waals surface area contributed by atoms with E-state index in [1.165, 1.54) is 11.8 Å². The number of ether oxygens (including phenoxy) is 1. The Labute approximate surface area is 151 Å². The van der Waals surface area contributed by atoms with Gasteiger partial charge in [0.05, 0.1) is 24.1 Å². The number of rotatable bonds is 6. The van der Waals surface area contributed by atoms with Crippen LogP contribution in [0.15, 0.2) is 72.9 Å². The van der Waals surface area contributed by atoms with Crippen molar-refractivity contribution in [2.75, 3.05) is 11.9 Å². The lowest BCUT2D eigenvalue weighted by Crippen LogP contribution is -2.14. The normalized spacial score (nSPS) is 10.3. The van der Waals surface area contributed by atoms with Crippen molar-refractivity contribution in [3.8, 4) is 5.75 Å². The summed E-state index contributed by atoms with van der Waals surface area (Å²) in [4.78, 5) is 16.5. The maximum absolute atomic E-state index is 12.5. The van der Waals surface area contributed by atoms with Gasteiger partial charge in [0, 0.05) is 6.42 Å². The first-order valence-corrected chi connectivity index (χ1v) is 8.29. The van der Waals surface area contributed by atoms with Crippen molar-refractivity contribution in [3.63, 3.8) is 0 Å². The molecule has 5 heteroatoms. The van der Waals surface area contributed by atoms with E-state index in [4.69, 9.17) is 16.3 Å². The number of halogens is 1. The van der Waals surface area contributed by atoms with Crippen LogP contribution in [0.5, 0.6) is 5.75 Å². The molecule has 0 spiro atoms. The molecule has 3 rings (SSSR count). The van der Waals surface area contributed by atoms with E-state index in [0.717, 1.165) is 6.42 Å². The van der Waals surface area contributed by atoms with Crippen molar-refractivity contribution in [1.82, 2.24) is 4.98 Å². The Bertz CT molecular complexity index is 836. The van der Waals surface area contributed by atoms with Gasteiger partial charge in [-0.2, -0.15) is 0 Å². The van der Waals surface area contributed by atoms with Gasteiger partial charge in [0.15, 0.2) is 0 Å². The standard InChI is InChI=1S/C20H17ClN2O2/c21-19-11-10-16(14-22-19)23-20(24)17-8-4-5-9-18(17)25-13-12-15-6-2-1-3-7-15/h1-11,14H,12-13H2,(H,23,24). The molecular weight excluding hydrogens is 336 g/mol. The van der Waals surface area contributed by atoms with Crippen molar-refractivity contribution in [2.45, 2.75) is 6.42 Å². The summed E-state index contributed by atoms with van der Waals surface area (Å²) in [5, 5.41) is 3.17. The van der Waals surface area contributed by atoms with Crippen molar-refractivity contribution in [1.29, 1.82) is 0 Å². The van der Waals surface area contributed by atoms with E-state index in [1.54, 1.807) is 30.3 Å². The van der Waals surface area contributed by atoms with Gasteiger partial charge in [0.25, 0.3) is 5.91 Å². The number of carbonyl (C=O) groups is 1. The smallest absolute Gasteiger partial charge is 0.259 e. The molecule has 1 N–H and O–H groups in total. The molecule has 3 aromatic rings. The molecule has 1 amide bonds. The third-order valence-electron chi connectivity index (χ3n) is 3.61. The number of nitrogens with zero attached hydrogens (tertiary/aromatic N) is 1. The molecule has 0 radical (unpaired) electrons. The minimum Gasteiger partial charge on any atom is -0.492 e. The van der Waals surface area contributed by atoms with E-state index in [0.29, 0.717) is 28.8 Å². The molecule has 0 aliphatic carbocycles. The monoisotopic (exact) mass is 352 g/mol. The first kappa shape index (κ1) is 17.0. The van der Waals surface area contributed by atoms with E-state index in [-0.39, 0.29) is 5.91 Å². The second-order valence-corrected chi connectivity index (χ2v) is 5.79. The average Bonchev–Trinajstić information content (AvgIpc) is 2.65. The highest BCUT2D eigenvalue weighted by molar-refractivity contribution is 6.29. The van der Waals surface area contributed by atoms with Gasteiger partial charge in [0.1, 0.15) is 10.9 Å². The summed E-state index contributed by atoms with van der Waals surface area (Å²) in [6.07, 6.45) is 2.29. The molecule has 1 aromatic heterocycles. The number of para-hydroxylation sites is 1. The zero-order chi connectivity index (χ0) is 17.5. The largest absolute Gasteiger partial charge is 0.492 e. The number of benzene rings is 2. The summed E-state index contributed by atoms with van der Waals surface area (Å²) in [5.74, 6) is 0.303. The van der Waals surface area contributed by atoms with Gasteiger partial charge in [-0.15, -0.1) is 0 Å². The lowest BCUT2D eigenvalue weighted by atomic mass is 10.1. The molecule has 25 heavy (non-hydrogen) atoms. The number of hydrogen-bond acceptors (Lipinski definition) is 3. The summed E-state index contributed by atoms with van der Waals surface area (Å²) in [5.41, 5.74) is 2.25. The highest BCUT2D eigenvalue weighted by atomic mass is 35.5. The first-order chi connectivity index (χ1) is 12.2. The Kier molecular flexibility index (Phi) is 5.65. The third-order valence-corrected chi connectivity index (χ3v) is 3.83. The topological polar surface area (TPSA) is 51.2 Å². The van der Waals surface area contributed by atoms with Crippen LogP contribution in [0.25, 0.3) is 0 Å². The van der Waals surface area contributed by atoms with Crippen molar-refractivity contribution < 1.29 is 9.53 Å². The fraction of sp³-hybridized carbons (Fsp3) is 0.100. The number of carbonyl (C=O) groups excluding carboxylic acids is 1. The molecule has 0 aliphatic rings. The van der Waals surface area contributed by atoms with Crippen LogP contribution in [0, 0.1) is 0 Å². The second-order valence-electron chi connectivity index (χ2n) is 5.40. The minimum atomic E-state index is -0.251. The van der Waals surface area contributed by atoms with Gasteiger partial charge in [-0.3, -0.25) is 4.79 Å². The Hall–Kier alpha value is -2.85. The van der Waals surface area contributed by atoms with Crippen LogP contribution in [0.1, 0.15) is 15.9 Å². The van der Waals surface area contributed by atoms with Gasteiger partial charge in [0.2, 0.25) is 0 Å². The highest BCUT2D eigenvalue weighted by Crippen LogP contribution is 2.20. The molecule has 0 unspecified atom stereocenters. The van der Waals surface area contributed by atoms with Crippen LogP contribution in [0.3, 0.4) is 0 Å². The van der Waals surface area contributed by atoms with E-state index in [9.17, 15) is 4.79 Å². The van der Waals surface area contributed by atoms with Gasteiger partial charge in [-0.05, 0) is 29.8 Å². The van der Waals surface area contributed by atoms with Crippen LogP contribution >= 0.6 is 11.6 Å². The average molecular weight is 353 g/mol. The SMILES string of the molecule is O=C(Nc1ccc(Cl)nc1)c1ccccc1OCCc1ccccc1. The Morgan fingerprint density at radius 3 is 2.52 bits per heavy atom. The van der Waals surface area contributed by atoms with Crippen molar-refractivity contribution in [3.05, 3.63) is 89.2 Å². The molecule has 0 atom stereocenters. The predicted molar refractivity (Wildman–Crippen MR) is 99.3 cm³/mol. The van der Waals surface area contributed by atoms with E-state index in [1.807, 2.05) is 24.3 Å². The third kappa shape index (κ3) is 4.81. The Balaban J connectivity index is 1.65. The van der Waals surface area contributed by atoms with Crippen molar-refractivity contribution >= 4 is 23.2 Å². The lowest BCUT2D eigenvalue weighted by molar-refractivity contribution is 0.102. The fourth-order valence-electron chi connectivity index (χ4n) is 2.35. The van der Waals surface area contributed by atoms with Crippen molar-refractivity contribution in [2.24, 2.45) is 0 Å². The van der Waals surface area contributed by atoms with Gasteiger partial charge >= 0.3 is 0 Å². The number of hydrogen-bond donors (Lipinski definition) is 1. The quantitative estimate of drug-likeness (QED) is 0.659. The molecule has 1 heterocycles. The minimum absolute atomic E-state index is 0.251.